The molecule has 1 fully saturated rings. The van der Waals surface area contributed by atoms with E-state index in [1.54, 1.807) is 7.11 Å². The maximum atomic E-state index is 6.36. The number of allylic oxidation sites excluding steroid dienone is 1. The Hall–Kier alpha value is -1.29. The lowest BCUT2D eigenvalue weighted by molar-refractivity contribution is 0.0226. The third-order valence-electron chi connectivity index (χ3n) is 4.54. The first-order valence-corrected chi connectivity index (χ1v) is 7.99. The van der Waals surface area contributed by atoms with Gasteiger partial charge in [0.25, 0.3) is 0 Å². The van der Waals surface area contributed by atoms with Crippen LogP contribution in [0.3, 0.4) is 0 Å². The Bertz CT molecular complexity index is 484. The molecule has 21 heavy (non-hydrogen) atoms. The van der Waals surface area contributed by atoms with Crippen molar-refractivity contribution in [2.75, 3.05) is 12.8 Å². The van der Waals surface area contributed by atoms with Crippen LogP contribution in [-0.2, 0) is 17.7 Å². The number of rotatable bonds is 6. The zero-order valence-electron chi connectivity index (χ0n) is 13.7. The molecular weight excluding hydrogens is 262 g/mol. The molecule has 0 bridgehead atoms. The van der Waals surface area contributed by atoms with Crippen LogP contribution in [0.4, 0.5) is 5.82 Å². The normalized spacial score (nSPS) is 17.1. The van der Waals surface area contributed by atoms with Crippen molar-refractivity contribution in [3.63, 3.8) is 0 Å². The van der Waals surface area contributed by atoms with E-state index >= 15 is 0 Å². The summed E-state index contributed by atoms with van der Waals surface area (Å²) in [5.74, 6) is 2.47. The van der Waals surface area contributed by atoms with Gasteiger partial charge in [0.1, 0.15) is 11.6 Å². The molecule has 2 rings (SSSR count). The third kappa shape index (κ3) is 3.67. The SMILES string of the molecule is C=CCn1c(C2CCCCC2)nc(CC(C)(C)OC)c1N. The van der Waals surface area contributed by atoms with Crippen molar-refractivity contribution in [1.82, 2.24) is 9.55 Å². The Balaban J connectivity index is 2.32. The first-order chi connectivity index (χ1) is 9.98. The number of hydrogen-bond acceptors (Lipinski definition) is 3. The monoisotopic (exact) mass is 291 g/mol. The Morgan fingerprint density at radius 3 is 2.62 bits per heavy atom. The molecule has 1 heterocycles. The summed E-state index contributed by atoms with van der Waals surface area (Å²) < 4.78 is 7.67. The average molecular weight is 291 g/mol. The van der Waals surface area contributed by atoms with Gasteiger partial charge in [-0.1, -0.05) is 25.3 Å². The lowest BCUT2D eigenvalue weighted by Gasteiger charge is -2.22. The molecule has 0 spiro atoms. The van der Waals surface area contributed by atoms with Crippen LogP contribution in [0.1, 0.15) is 63.4 Å². The summed E-state index contributed by atoms with van der Waals surface area (Å²) in [7, 11) is 1.74. The number of nitrogens with two attached hydrogens (primary N) is 1. The minimum atomic E-state index is -0.245. The van der Waals surface area contributed by atoms with Crippen molar-refractivity contribution in [2.24, 2.45) is 0 Å². The van der Waals surface area contributed by atoms with Crippen molar-refractivity contribution >= 4 is 5.82 Å². The van der Waals surface area contributed by atoms with Crippen molar-refractivity contribution in [3.05, 3.63) is 24.2 Å². The molecule has 0 amide bonds. The predicted octanol–water partition coefficient (Wildman–Crippen LogP) is 3.67. The number of nitrogens with zero attached hydrogens (tertiary/aromatic N) is 2. The van der Waals surface area contributed by atoms with Crippen LogP contribution < -0.4 is 5.73 Å². The molecule has 1 saturated carbocycles. The lowest BCUT2D eigenvalue weighted by Crippen LogP contribution is -2.26. The topological polar surface area (TPSA) is 53.1 Å². The zero-order valence-corrected chi connectivity index (χ0v) is 13.7. The maximum Gasteiger partial charge on any atom is 0.127 e. The maximum absolute atomic E-state index is 6.36. The average Bonchev–Trinajstić information content (AvgIpc) is 2.77. The fraction of sp³-hybridized carbons (Fsp3) is 0.706. The highest BCUT2D eigenvalue weighted by Crippen LogP contribution is 2.34. The third-order valence-corrected chi connectivity index (χ3v) is 4.54. The van der Waals surface area contributed by atoms with E-state index < -0.39 is 0 Å². The first-order valence-electron chi connectivity index (χ1n) is 7.99. The van der Waals surface area contributed by atoms with Gasteiger partial charge >= 0.3 is 0 Å². The minimum absolute atomic E-state index is 0.245. The van der Waals surface area contributed by atoms with Crippen LogP contribution in [-0.4, -0.2) is 22.3 Å². The molecule has 0 radical (unpaired) electrons. The second-order valence-corrected chi connectivity index (χ2v) is 6.68. The largest absolute Gasteiger partial charge is 0.384 e. The number of imidazole rings is 1. The second-order valence-electron chi connectivity index (χ2n) is 6.68. The van der Waals surface area contributed by atoms with E-state index in [1.165, 1.54) is 32.1 Å². The van der Waals surface area contributed by atoms with Crippen LogP contribution in [0.15, 0.2) is 12.7 Å². The highest BCUT2D eigenvalue weighted by molar-refractivity contribution is 5.40. The highest BCUT2D eigenvalue weighted by Gasteiger charge is 2.27. The summed E-state index contributed by atoms with van der Waals surface area (Å²) in [5.41, 5.74) is 7.07. The fourth-order valence-corrected chi connectivity index (χ4v) is 3.13. The van der Waals surface area contributed by atoms with Gasteiger partial charge in [-0.3, -0.25) is 0 Å². The molecular formula is C17H29N3O. The fourth-order valence-electron chi connectivity index (χ4n) is 3.13. The molecule has 0 unspecified atom stereocenters. The van der Waals surface area contributed by atoms with Crippen LogP contribution in [0, 0.1) is 0 Å². The van der Waals surface area contributed by atoms with Gasteiger partial charge in [0.2, 0.25) is 0 Å². The molecule has 0 aromatic carbocycles. The predicted molar refractivity (Wildman–Crippen MR) is 87.5 cm³/mol. The van der Waals surface area contributed by atoms with Crippen molar-refractivity contribution < 1.29 is 4.74 Å². The number of methoxy groups -OCH3 is 1. The van der Waals surface area contributed by atoms with Crippen LogP contribution in [0.2, 0.25) is 0 Å². The van der Waals surface area contributed by atoms with E-state index in [0.29, 0.717) is 5.92 Å². The summed E-state index contributed by atoms with van der Waals surface area (Å²) in [6, 6.07) is 0. The van der Waals surface area contributed by atoms with Crippen LogP contribution >= 0.6 is 0 Å². The van der Waals surface area contributed by atoms with Gasteiger partial charge in [0, 0.05) is 26.0 Å². The Morgan fingerprint density at radius 2 is 2.05 bits per heavy atom. The Labute approximate surface area is 128 Å². The smallest absolute Gasteiger partial charge is 0.127 e. The zero-order chi connectivity index (χ0) is 15.5. The molecule has 1 aliphatic carbocycles. The van der Waals surface area contributed by atoms with Gasteiger partial charge in [-0.15, -0.1) is 6.58 Å². The van der Waals surface area contributed by atoms with E-state index in [9.17, 15) is 0 Å². The van der Waals surface area contributed by atoms with E-state index in [1.807, 2.05) is 6.08 Å². The van der Waals surface area contributed by atoms with Gasteiger partial charge in [-0.05, 0) is 26.7 Å². The quantitative estimate of drug-likeness (QED) is 0.814. The Morgan fingerprint density at radius 1 is 1.38 bits per heavy atom. The number of aromatic nitrogens is 2. The van der Waals surface area contributed by atoms with Crippen LogP contribution in [0.25, 0.3) is 0 Å². The highest BCUT2D eigenvalue weighted by atomic mass is 16.5. The second kappa shape index (κ2) is 6.65. The summed E-state index contributed by atoms with van der Waals surface area (Å²) in [6.07, 6.45) is 9.02. The van der Waals surface area contributed by atoms with Gasteiger partial charge in [0.05, 0.1) is 11.3 Å². The molecule has 4 nitrogen and oxygen atoms in total. The van der Waals surface area contributed by atoms with Gasteiger partial charge < -0.3 is 15.0 Å². The summed E-state index contributed by atoms with van der Waals surface area (Å²) in [6.45, 7) is 8.73. The number of anilines is 1. The molecule has 2 N–H and O–H groups in total. The number of nitrogen functional groups attached to an aromatic ring is 1. The summed E-state index contributed by atoms with van der Waals surface area (Å²) in [4.78, 5) is 4.90. The molecule has 0 saturated heterocycles. The van der Waals surface area contributed by atoms with Gasteiger partial charge in [-0.25, -0.2) is 4.98 Å². The molecule has 118 valence electrons. The lowest BCUT2D eigenvalue weighted by atomic mass is 9.88. The van der Waals surface area contributed by atoms with Crippen LogP contribution in [0.5, 0.6) is 0 Å². The molecule has 1 aliphatic rings. The van der Waals surface area contributed by atoms with Gasteiger partial charge in [0.15, 0.2) is 0 Å². The standard InChI is InChI=1S/C17H29N3O/c1-5-11-20-15(18)14(12-17(2,3)21-4)19-16(20)13-9-7-6-8-10-13/h5,13H,1,6-12,18H2,2-4H3. The van der Waals surface area contributed by atoms with Crippen molar-refractivity contribution in [2.45, 2.75) is 70.4 Å². The van der Waals surface area contributed by atoms with E-state index in [2.05, 4.69) is 25.0 Å². The molecule has 0 aliphatic heterocycles. The minimum Gasteiger partial charge on any atom is -0.384 e. The first kappa shape index (κ1) is 16.1. The van der Waals surface area contributed by atoms with E-state index in [0.717, 1.165) is 30.3 Å². The van der Waals surface area contributed by atoms with E-state index in [-0.39, 0.29) is 5.60 Å². The van der Waals surface area contributed by atoms with Gasteiger partial charge in [-0.2, -0.15) is 0 Å². The number of hydrogen-bond donors (Lipinski definition) is 1. The molecule has 1 aromatic heterocycles. The van der Waals surface area contributed by atoms with Crippen molar-refractivity contribution in [3.8, 4) is 0 Å². The number of ether oxygens (including phenoxy) is 1. The molecule has 4 heteroatoms. The van der Waals surface area contributed by atoms with E-state index in [4.69, 9.17) is 15.5 Å². The molecule has 1 aromatic rings. The summed E-state index contributed by atoms with van der Waals surface area (Å²) >= 11 is 0. The summed E-state index contributed by atoms with van der Waals surface area (Å²) in [5, 5.41) is 0. The Kier molecular flexibility index (Phi) is 5.09. The molecule has 0 atom stereocenters. The van der Waals surface area contributed by atoms with Crippen molar-refractivity contribution in [1.29, 1.82) is 0 Å².